The van der Waals surface area contributed by atoms with Gasteiger partial charge >= 0.3 is 0 Å². The molecule has 3 heterocycles. The van der Waals surface area contributed by atoms with E-state index in [2.05, 4.69) is 36.9 Å². The number of carbonyl (C=O) groups is 7. The highest BCUT2D eigenvalue weighted by atomic mass is 16.2. The second-order valence-corrected chi connectivity index (χ2v) is 17.4. The molecule has 3 aliphatic rings. The molecule has 16 nitrogen and oxygen atoms in total. The summed E-state index contributed by atoms with van der Waals surface area (Å²) < 4.78 is 0. The maximum absolute atomic E-state index is 14.6. The molecular weight excluding hydrogens is 803 g/mol. The Morgan fingerprint density at radius 3 is 2.25 bits per heavy atom. The van der Waals surface area contributed by atoms with Gasteiger partial charge in [0, 0.05) is 50.0 Å². The van der Waals surface area contributed by atoms with Gasteiger partial charge in [-0.2, -0.15) is 0 Å². The number of unbranched alkanes of at least 4 members (excludes halogenated alkanes) is 1. The molecule has 3 aromatic rings. The minimum absolute atomic E-state index is 0.109. The molecule has 9 N–H and O–H groups in total. The van der Waals surface area contributed by atoms with Crippen molar-refractivity contribution in [3.63, 3.8) is 0 Å². The van der Waals surface area contributed by atoms with E-state index in [0.29, 0.717) is 45.1 Å². The van der Waals surface area contributed by atoms with E-state index in [-0.39, 0.29) is 44.7 Å². The summed E-state index contributed by atoms with van der Waals surface area (Å²) in [6.07, 6.45) is 10.1. The van der Waals surface area contributed by atoms with E-state index in [0.717, 1.165) is 54.1 Å². The summed E-state index contributed by atoms with van der Waals surface area (Å²) in [7, 11) is 0. The normalized spacial score (nSPS) is 23.9. The highest BCUT2D eigenvalue weighted by Crippen LogP contribution is 2.28. The average molecular weight is 868 g/mol. The Balaban J connectivity index is 1.30. The lowest BCUT2D eigenvalue weighted by Gasteiger charge is -2.32. The van der Waals surface area contributed by atoms with Crippen LogP contribution in [0.15, 0.2) is 60.8 Å². The molecule has 0 unspecified atom stereocenters. The van der Waals surface area contributed by atoms with Gasteiger partial charge in [0.05, 0.1) is 0 Å². The molecule has 2 saturated heterocycles. The van der Waals surface area contributed by atoms with Crippen LogP contribution >= 0.6 is 0 Å². The number of aromatic nitrogens is 1. The maximum Gasteiger partial charge on any atom is 0.245 e. The Hall–Kier alpha value is -5.77. The van der Waals surface area contributed by atoms with Crippen molar-refractivity contribution in [2.75, 3.05) is 19.6 Å². The number of rotatable bonds is 13. The van der Waals surface area contributed by atoms with Crippen molar-refractivity contribution in [3.05, 3.63) is 71.9 Å². The third-order valence-corrected chi connectivity index (χ3v) is 12.6. The molecule has 1 saturated carbocycles. The predicted molar refractivity (Wildman–Crippen MR) is 239 cm³/mol. The second kappa shape index (κ2) is 23.1. The van der Waals surface area contributed by atoms with Crippen molar-refractivity contribution in [3.8, 4) is 0 Å². The Morgan fingerprint density at radius 2 is 1.49 bits per heavy atom. The lowest BCUT2D eigenvalue weighted by Crippen LogP contribution is -2.60. The van der Waals surface area contributed by atoms with E-state index in [1.54, 1.807) is 0 Å². The van der Waals surface area contributed by atoms with Crippen molar-refractivity contribution >= 4 is 52.3 Å². The molecule has 0 bridgehead atoms. The number of nitrogens with two attached hydrogens (primary N) is 1. The molecular formula is C47H65N9O7. The van der Waals surface area contributed by atoms with Crippen LogP contribution in [0.1, 0.15) is 102 Å². The van der Waals surface area contributed by atoms with Crippen LogP contribution in [0.2, 0.25) is 0 Å². The summed E-state index contributed by atoms with van der Waals surface area (Å²) in [5.41, 5.74) is 8.28. The lowest BCUT2D eigenvalue weighted by atomic mass is 9.84. The molecule has 0 radical (unpaired) electrons. The number of hydrogen-bond donors (Lipinski definition) is 8. The second-order valence-electron chi connectivity index (χ2n) is 17.4. The van der Waals surface area contributed by atoms with Crippen LogP contribution in [0.25, 0.3) is 10.9 Å². The molecule has 63 heavy (non-hydrogen) atoms. The van der Waals surface area contributed by atoms with Gasteiger partial charge in [-0.25, -0.2) is 0 Å². The van der Waals surface area contributed by atoms with Gasteiger partial charge in [0.2, 0.25) is 41.4 Å². The molecule has 6 rings (SSSR count). The number of H-pyrrole nitrogens is 1. The number of amides is 7. The van der Waals surface area contributed by atoms with Gasteiger partial charge in [-0.1, -0.05) is 80.6 Å². The Labute approximate surface area is 369 Å². The summed E-state index contributed by atoms with van der Waals surface area (Å²) in [6, 6.07) is 10.8. The summed E-state index contributed by atoms with van der Waals surface area (Å²) in [5, 5.41) is 18.3. The molecule has 16 heteroatoms. The van der Waals surface area contributed by atoms with Crippen molar-refractivity contribution in [2.45, 2.75) is 139 Å². The van der Waals surface area contributed by atoms with Crippen molar-refractivity contribution < 1.29 is 33.6 Å². The van der Waals surface area contributed by atoms with E-state index in [9.17, 15) is 33.6 Å². The summed E-state index contributed by atoms with van der Waals surface area (Å²) >= 11 is 0. The fourth-order valence-electron chi connectivity index (χ4n) is 9.27. The molecule has 6 atom stereocenters. The first kappa shape index (κ1) is 46.7. The number of nitrogens with one attached hydrogen (secondary N) is 7. The topological polar surface area (TPSA) is 237 Å². The summed E-state index contributed by atoms with van der Waals surface area (Å²) in [5.74, 6) is -3.24. The molecule has 2 aromatic carbocycles. The van der Waals surface area contributed by atoms with E-state index >= 15 is 0 Å². The molecule has 2 aliphatic heterocycles. The summed E-state index contributed by atoms with van der Waals surface area (Å²) in [4.78, 5) is 103. The van der Waals surface area contributed by atoms with E-state index in [1.807, 2.05) is 60.8 Å². The van der Waals surface area contributed by atoms with Crippen LogP contribution in [-0.2, 0) is 46.4 Å². The number of hydrogen-bond acceptors (Lipinski definition) is 8. The van der Waals surface area contributed by atoms with Crippen LogP contribution in [0.4, 0.5) is 0 Å². The number of benzene rings is 2. The molecule has 1 aliphatic carbocycles. The monoisotopic (exact) mass is 868 g/mol. The number of fused-ring (bicyclic) bond motifs is 2. The highest BCUT2D eigenvalue weighted by molar-refractivity contribution is 5.98. The van der Waals surface area contributed by atoms with Gasteiger partial charge in [-0.3, -0.25) is 33.6 Å². The average Bonchev–Trinajstić information content (AvgIpc) is 3.94. The standard InChI is InChI=1S/C47H65N9O7/c1-30(57)51-38(26-31-14-4-2-5-15-31)43(59)53-37-21-12-24-49-42(58)36(20-10-11-23-48)52-45(61)40(28-33-29-50-35-19-9-8-18-34(33)35)54-44(60)39(27-32-16-6-3-7-17-32)55-46(62)41-22-13-25-56(41)47(37)63/h2,4-5,8-9,14-15,18-19,29,32,36-41,50H,3,6-7,10-13,16-17,20-28,48H2,1H3,(H,49,58)(H,51,57)(H,52,61)(H,53,59)(H,54,60)(H,55,62)/t36-,37-,38-,39+,40-,41-/m0/s1. The smallest absolute Gasteiger partial charge is 0.245 e. The van der Waals surface area contributed by atoms with E-state index < -0.39 is 77.6 Å². The highest BCUT2D eigenvalue weighted by Gasteiger charge is 2.40. The van der Waals surface area contributed by atoms with Gasteiger partial charge in [-0.05, 0) is 81.0 Å². The Morgan fingerprint density at radius 1 is 0.778 bits per heavy atom. The summed E-state index contributed by atoms with van der Waals surface area (Å²) in [6.45, 7) is 2.10. The zero-order valence-corrected chi connectivity index (χ0v) is 36.4. The lowest BCUT2D eigenvalue weighted by molar-refractivity contribution is -0.142. The zero-order valence-electron chi connectivity index (χ0n) is 36.4. The number of nitrogens with zero attached hydrogens (tertiary/aromatic N) is 1. The fraction of sp³-hybridized carbons (Fsp3) is 0.553. The first-order chi connectivity index (χ1) is 30.5. The predicted octanol–water partition coefficient (Wildman–Crippen LogP) is 2.40. The van der Waals surface area contributed by atoms with Crippen molar-refractivity contribution in [2.24, 2.45) is 11.7 Å². The largest absolute Gasteiger partial charge is 0.361 e. The number of carbonyl (C=O) groups excluding carboxylic acids is 7. The van der Waals surface area contributed by atoms with Gasteiger partial charge in [0.15, 0.2) is 0 Å². The third kappa shape index (κ3) is 13.1. The number of aromatic amines is 1. The molecule has 1 aromatic heterocycles. The van der Waals surface area contributed by atoms with E-state index in [1.165, 1.54) is 11.8 Å². The quantitative estimate of drug-likeness (QED) is 0.119. The SMILES string of the molecule is CC(=O)N[C@@H](Cc1ccccc1)C(=O)N[C@H]1CCCNC(=O)[C@H](CCCCN)NC(=O)[C@H](Cc2c[nH]c3ccccc23)NC(=O)[C@@H](CC2CCCCC2)NC(=O)[C@@H]2CCCN2C1=O. The molecule has 3 fully saturated rings. The fourth-order valence-corrected chi connectivity index (χ4v) is 9.27. The van der Waals surface area contributed by atoms with Crippen molar-refractivity contribution in [1.82, 2.24) is 41.8 Å². The first-order valence-electron chi connectivity index (χ1n) is 22.9. The van der Waals surface area contributed by atoms with Crippen LogP contribution in [0.5, 0.6) is 0 Å². The van der Waals surface area contributed by atoms with Gasteiger partial charge < -0.3 is 47.5 Å². The molecule has 0 spiro atoms. The van der Waals surface area contributed by atoms with Crippen molar-refractivity contribution in [1.29, 1.82) is 0 Å². The van der Waals surface area contributed by atoms with Crippen LogP contribution in [-0.4, -0.2) is 107 Å². The number of para-hydroxylation sites is 1. The minimum atomic E-state index is -1.10. The van der Waals surface area contributed by atoms with Crippen LogP contribution in [0.3, 0.4) is 0 Å². The Kier molecular flexibility index (Phi) is 17.1. The minimum Gasteiger partial charge on any atom is -0.361 e. The van der Waals surface area contributed by atoms with E-state index in [4.69, 9.17) is 5.73 Å². The van der Waals surface area contributed by atoms with Gasteiger partial charge in [-0.15, -0.1) is 0 Å². The zero-order chi connectivity index (χ0) is 44.7. The van der Waals surface area contributed by atoms with Crippen LogP contribution < -0.4 is 37.6 Å². The Bertz CT molecular complexity index is 2050. The van der Waals surface area contributed by atoms with Gasteiger partial charge in [0.1, 0.15) is 36.3 Å². The third-order valence-electron chi connectivity index (χ3n) is 12.6. The molecule has 7 amide bonds. The molecule has 340 valence electrons. The first-order valence-corrected chi connectivity index (χ1v) is 22.9. The maximum atomic E-state index is 14.6. The van der Waals surface area contributed by atoms with Crippen LogP contribution in [0, 0.1) is 5.92 Å². The van der Waals surface area contributed by atoms with Gasteiger partial charge in [0.25, 0.3) is 0 Å².